The molecule has 17 nitrogen and oxygen atoms in total. The zero-order valence-corrected chi connectivity index (χ0v) is 61.0. The second-order valence-electron chi connectivity index (χ2n) is 33.6. The van der Waals surface area contributed by atoms with Crippen molar-refractivity contribution in [1.29, 1.82) is 0 Å². The quantitative estimate of drug-likeness (QED) is 0.0205. The van der Waals surface area contributed by atoms with Gasteiger partial charge in [0.2, 0.25) is 0 Å². The van der Waals surface area contributed by atoms with Crippen LogP contribution in [0.1, 0.15) is 250 Å². The molecule has 0 heterocycles. The number of aliphatic hydroxyl groups excluding tert-OH is 2. The van der Waals surface area contributed by atoms with E-state index in [9.17, 15) is 36.2 Å². The summed E-state index contributed by atoms with van der Waals surface area (Å²) in [5.74, 6) is 5.72. The number of nitrogens with one attached hydrogen (secondary N) is 5. The summed E-state index contributed by atoms with van der Waals surface area (Å²) in [6.07, 6.45) is 28.5. The Kier molecular flexibility index (Phi) is 29.4. The smallest absolute Gasteiger partial charge is 0.393 e. The lowest BCUT2D eigenvalue weighted by molar-refractivity contribution is -0.202. The monoisotopic (exact) mass is 1330 g/mol. The second kappa shape index (κ2) is 34.4. The van der Waals surface area contributed by atoms with Gasteiger partial charge in [0.1, 0.15) is 0 Å². The van der Waals surface area contributed by atoms with Gasteiger partial charge in [-0.2, -0.15) is 16.8 Å². The van der Waals surface area contributed by atoms with E-state index in [-0.39, 0.29) is 45.7 Å². The molecule has 19 heteroatoms. The van der Waals surface area contributed by atoms with Crippen LogP contribution in [-0.2, 0) is 29.2 Å². The third kappa shape index (κ3) is 19.6. The molecule has 10 unspecified atom stereocenters. The third-order valence-corrected chi connectivity index (χ3v) is 28.6. The molecular formula is C72H139N7O10S2. The molecule has 0 spiro atoms. The Morgan fingerprint density at radius 3 is 1.38 bits per heavy atom. The molecule has 0 amide bonds. The van der Waals surface area contributed by atoms with E-state index in [1.54, 1.807) is 0 Å². The average molecular weight is 1330 g/mol. The first kappa shape index (κ1) is 77.7. The van der Waals surface area contributed by atoms with Crippen LogP contribution in [0.3, 0.4) is 0 Å². The first-order valence-corrected chi connectivity index (χ1v) is 40.3. The number of hydrogen-bond donors (Lipinski definition) is 11. The Balaban J connectivity index is 0.000000259. The molecule has 8 saturated carbocycles. The molecular weight excluding hydrogens is 1190 g/mol. The molecule has 0 saturated heterocycles. The van der Waals surface area contributed by atoms with E-state index < -0.39 is 33.0 Å². The van der Waals surface area contributed by atoms with Crippen molar-refractivity contribution in [2.75, 3.05) is 65.4 Å². The van der Waals surface area contributed by atoms with Gasteiger partial charge in [0.05, 0.1) is 24.4 Å². The minimum absolute atomic E-state index is 0.0118. The summed E-state index contributed by atoms with van der Waals surface area (Å²) in [5, 5.41) is 42.2. The molecule has 0 aromatic heterocycles. The lowest BCUT2D eigenvalue weighted by Gasteiger charge is -2.66. The van der Waals surface area contributed by atoms with Gasteiger partial charge in [0.15, 0.2) is 0 Å². The largest absolute Gasteiger partial charge is 0.397 e. The normalized spacial score (nSPS) is 38.6. The third-order valence-electron chi connectivity index (χ3n) is 27.6. The van der Waals surface area contributed by atoms with Gasteiger partial charge in [-0.15, -0.1) is 0 Å². The molecule has 0 aromatic rings. The summed E-state index contributed by atoms with van der Waals surface area (Å²) >= 11 is 0. The van der Waals surface area contributed by atoms with Crippen LogP contribution >= 0.6 is 0 Å². The maximum absolute atomic E-state index is 11.9. The fourth-order valence-corrected chi connectivity index (χ4v) is 23.6. The molecule has 8 rings (SSSR count). The summed E-state index contributed by atoms with van der Waals surface area (Å²) in [7, 11) is -8.92. The molecule has 534 valence electrons. The van der Waals surface area contributed by atoms with Gasteiger partial charge in [-0.1, -0.05) is 76.2 Å². The van der Waals surface area contributed by atoms with Crippen molar-refractivity contribution >= 4 is 20.8 Å². The molecule has 0 aliphatic heterocycles. The summed E-state index contributed by atoms with van der Waals surface area (Å²) < 4.78 is 74.4. The Morgan fingerprint density at radius 2 is 0.890 bits per heavy atom. The van der Waals surface area contributed by atoms with Crippen LogP contribution in [0, 0.1) is 104 Å². The van der Waals surface area contributed by atoms with Gasteiger partial charge >= 0.3 is 20.8 Å². The molecule has 0 radical (unpaired) electrons. The number of hydrogen-bond acceptors (Lipinski definition) is 15. The first-order chi connectivity index (χ1) is 42.9. The van der Waals surface area contributed by atoms with Crippen molar-refractivity contribution in [3.8, 4) is 0 Å². The van der Waals surface area contributed by atoms with E-state index in [1.165, 1.54) is 96.3 Å². The Labute approximate surface area is 556 Å². The predicted octanol–water partition coefficient (Wildman–Crippen LogP) is 11.5. The van der Waals surface area contributed by atoms with Crippen molar-refractivity contribution in [3.63, 3.8) is 0 Å². The highest BCUT2D eigenvalue weighted by Gasteiger charge is 2.67. The van der Waals surface area contributed by atoms with Gasteiger partial charge in [0.25, 0.3) is 0 Å². The van der Waals surface area contributed by atoms with Gasteiger partial charge in [0, 0.05) is 12.1 Å². The van der Waals surface area contributed by atoms with Gasteiger partial charge in [-0.25, -0.2) is 8.37 Å². The van der Waals surface area contributed by atoms with E-state index in [0.29, 0.717) is 95.4 Å². The minimum Gasteiger partial charge on any atom is -0.393 e. The highest BCUT2D eigenvalue weighted by Crippen LogP contribution is 2.72. The number of aliphatic hydroxyl groups is 2. The fraction of sp³-hybridized carbons (Fsp3) is 1.00. The Bertz CT molecular complexity index is 2400. The molecule has 22 atom stereocenters. The molecule has 8 aliphatic rings. The van der Waals surface area contributed by atoms with E-state index in [4.69, 9.17) is 19.8 Å². The molecule has 8 aliphatic carbocycles. The van der Waals surface area contributed by atoms with Crippen LogP contribution in [0.2, 0.25) is 0 Å². The fourth-order valence-electron chi connectivity index (χ4n) is 22.3. The predicted molar refractivity (Wildman–Crippen MR) is 370 cm³/mol. The van der Waals surface area contributed by atoms with Crippen LogP contribution < -0.4 is 38.1 Å². The number of nitrogens with two attached hydrogens (primary N) is 2. The van der Waals surface area contributed by atoms with Gasteiger partial charge in [-0.05, 0) is 343 Å². The SMILES string of the molecule is CC(C)C(CC[C@@H](C)[C@H]1CCC2C3C(CC[C@@]21C)[C@@]1(C)CC[C@H](NCCCNCCCCNCCCN)CC1C[C@H]3O)OS(=O)(=O)O.CC(C)C(CC[C@H](C)C1CCC2C3C(CC[C@@]21C)[C@@]1(C)CC[C@H](NCCCNCCCCN)C[C@]1(C)C[C@H]3O)OS(=O)(=O)O. The Hall–Kier alpha value is -0.620. The lowest BCUT2D eigenvalue weighted by atomic mass is 9.39. The van der Waals surface area contributed by atoms with Gasteiger partial charge < -0.3 is 48.3 Å². The topological polar surface area (TPSA) is 280 Å². The summed E-state index contributed by atoms with van der Waals surface area (Å²) in [5.41, 5.74) is 12.3. The number of rotatable bonds is 36. The van der Waals surface area contributed by atoms with E-state index in [0.717, 1.165) is 130 Å². The molecule has 0 bridgehead atoms. The summed E-state index contributed by atoms with van der Waals surface area (Å²) in [6, 6.07) is 1.11. The summed E-state index contributed by atoms with van der Waals surface area (Å²) in [4.78, 5) is 0. The first-order valence-electron chi connectivity index (χ1n) is 37.6. The van der Waals surface area contributed by atoms with E-state index in [1.807, 2.05) is 27.7 Å². The van der Waals surface area contributed by atoms with Crippen molar-refractivity contribution < 1.29 is 44.5 Å². The molecule has 13 N–H and O–H groups in total. The van der Waals surface area contributed by atoms with Crippen LogP contribution in [0.25, 0.3) is 0 Å². The van der Waals surface area contributed by atoms with Gasteiger partial charge in [-0.3, -0.25) is 9.11 Å². The van der Waals surface area contributed by atoms with Crippen LogP contribution in [0.5, 0.6) is 0 Å². The minimum atomic E-state index is -4.46. The maximum Gasteiger partial charge on any atom is 0.397 e. The van der Waals surface area contributed by atoms with Crippen molar-refractivity contribution in [3.05, 3.63) is 0 Å². The van der Waals surface area contributed by atoms with Crippen molar-refractivity contribution in [2.24, 2.45) is 115 Å². The van der Waals surface area contributed by atoms with E-state index in [2.05, 4.69) is 75.1 Å². The average Bonchev–Trinajstić information content (AvgIpc) is 1.70. The lowest BCUT2D eigenvalue weighted by Crippen LogP contribution is -2.63. The molecule has 8 fully saturated rings. The zero-order chi connectivity index (χ0) is 66.6. The summed E-state index contributed by atoms with van der Waals surface area (Å²) in [6.45, 7) is 35.2. The molecule has 91 heavy (non-hydrogen) atoms. The number of fused-ring (bicyclic) bond motifs is 10. The highest BCUT2D eigenvalue weighted by atomic mass is 32.3. The standard InChI is InChI=1S/C37H72N4O5S.C35H67N3O5S/c1-26(2)34(46-47(43,44)45)13-10-27(3)30-11-12-31-35-32(15-17-37(30,31)5)36(4)16-14-29(24-28(36)25-33(35)42)41-23-9-22-40-20-7-6-19-39-21-8-18-38;1-24(2)31(43-44(40,41)42)13-10-25(3)27-11-12-28-32-29(15-16-34(27,28)5)35(6)17-14-26(22-33(35,4)23-30(32)39)38-21-9-20-37-19-8-7-18-36/h26-35,39-42H,6-25,38H2,1-5H3,(H,43,44,45);24-32,37-39H,7-23,36H2,1-6H3,(H,40,41,42)/t27-,28?,29+,30-,31?,32?,33-,34?,35?,36+,37-;25-,26-,27?,28?,29?,30+,31?,32?,33+,34+,35+/m10/s1. The van der Waals surface area contributed by atoms with Crippen LogP contribution in [0.15, 0.2) is 0 Å². The Morgan fingerprint density at radius 1 is 0.462 bits per heavy atom. The highest BCUT2D eigenvalue weighted by molar-refractivity contribution is 7.81. The second-order valence-corrected chi connectivity index (χ2v) is 35.7. The number of unbranched alkanes of at least 4 members (excludes halogenated alkanes) is 2. The van der Waals surface area contributed by atoms with E-state index >= 15 is 0 Å². The van der Waals surface area contributed by atoms with Crippen molar-refractivity contribution in [2.45, 2.75) is 286 Å². The van der Waals surface area contributed by atoms with Crippen LogP contribution in [0.4, 0.5) is 0 Å². The maximum atomic E-state index is 11.9. The van der Waals surface area contributed by atoms with Crippen LogP contribution in [-0.4, -0.2) is 138 Å². The zero-order valence-electron chi connectivity index (χ0n) is 59.3. The van der Waals surface area contributed by atoms with Crippen molar-refractivity contribution in [1.82, 2.24) is 26.6 Å². The molecule has 0 aromatic carbocycles.